The Morgan fingerprint density at radius 1 is 1.26 bits per heavy atom. The Labute approximate surface area is 121 Å². The van der Waals surface area contributed by atoms with Gasteiger partial charge >= 0.3 is 0 Å². The maximum Gasteiger partial charge on any atom is 0.116 e. The molecule has 1 atom stereocenters. The van der Waals surface area contributed by atoms with Crippen LogP contribution in [0, 0.1) is 6.92 Å². The third-order valence-corrected chi connectivity index (χ3v) is 6.17. The van der Waals surface area contributed by atoms with E-state index in [1.54, 1.807) is 0 Å². The highest BCUT2D eigenvalue weighted by molar-refractivity contribution is 7.13. The van der Waals surface area contributed by atoms with Gasteiger partial charge in [-0.15, -0.1) is 22.7 Å². The highest BCUT2D eigenvalue weighted by Gasteiger charge is 2.30. The third kappa shape index (κ3) is 2.37. The van der Waals surface area contributed by atoms with Crippen LogP contribution in [0.4, 0.5) is 0 Å². The first-order valence-electron chi connectivity index (χ1n) is 7.10. The van der Waals surface area contributed by atoms with Gasteiger partial charge in [0.2, 0.25) is 0 Å². The van der Waals surface area contributed by atoms with Gasteiger partial charge in [0.25, 0.3) is 0 Å². The van der Waals surface area contributed by atoms with E-state index in [0.29, 0.717) is 12.1 Å². The van der Waals surface area contributed by atoms with E-state index in [9.17, 15) is 0 Å². The average molecular weight is 290 g/mol. The number of nitrogens with zero attached hydrogens (tertiary/aromatic N) is 1. The van der Waals surface area contributed by atoms with Crippen LogP contribution in [0.25, 0.3) is 0 Å². The number of aromatic nitrogens is 1. The fraction of sp³-hybridized carbons (Fsp3) is 0.533. The van der Waals surface area contributed by atoms with Crippen molar-refractivity contribution < 1.29 is 0 Å². The molecule has 2 aliphatic rings. The SMILES string of the molecule is Cc1ccc(C(NC2CC2)c2nc3c(s2)CCC3)s1. The zero-order chi connectivity index (χ0) is 12.8. The Bertz CT molecular complexity index is 574. The summed E-state index contributed by atoms with van der Waals surface area (Å²) in [4.78, 5) is 9.27. The molecule has 0 amide bonds. The van der Waals surface area contributed by atoms with E-state index in [1.165, 1.54) is 57.4 Å². The number of nitrogens with one attached hydrogen (secondary N) is 1. The zero-order valence-electron chi connectivity index (χ0n) is 11.1. The molecule has 2 aromatic rings. The monoisotopic (exact) mass is 290 g/mol. The molecule has 0 spiro atoms. The molecule has 1 saturated carbocycles. The second-order valence-corrected chi connectivity index (χ2v) is 8.03. The lowest BCUT2D eigenvalue weighted by molar-refractivity contribution is 0.604. The topological polar surface area (TPSA) is 24.9 Å². The quantitative estimate of drug-likeness (QED) is 0.925. The molecule has 19 heavy (non-hydrogen) atoms. The van der Waals surface area contributed by atoms with E-state index in [2.05, 4.69) is 24.4 Å². The number of thiophene rings is 1. The van der Waals surface area contributed by atoms with Crippen LogP contribution in [0.5, 0.6) is 0 Å². The third-order valence-electron chi connectivity index (χ3n) is 3.88. The number of hydrogen-bond acceptors (Lipinski definition) is 4. The Balaban J connectivity index is 1.68. The molecule has 1 N–H and O–H groups in total. The minimum absolute atomic E-state index is 0.335. The maximum absolute atomic E-state index is 4.92. The van der Waals surface area contributed by atoms with Gasteiger partial charge in [-0.05, 0) is 51.2 Å². The van der Waals surface area contributed by atoms with Gasteiger partial charge in [0.15, 0.2) is 0 Å². The van der Waals surface area contributed by atoms with Crippen LogP contribution in [0.3, 0.4) is 0 Å². The van der Waals surface area contributed by atoms with Crippen molar-refractivity contribution >= 4 is 22.7 Å². The summed E-state index contributed by atoms with van der Waals surface area (Å²) in [5, 5.41) is 5.07. The van der Waals surface area contributed by atoms with Gasteiger partial charge in [0, 0.05) is 20.7 Å². The summed E-state index contributed by atoms with van der Waals surface area (Å²) < 4.78 is 0. The first-order chi connectivity index (χ1) is 9.29. The Morgan fingerprint density at radius 3 is 2.84 bits per heavy atom. The molecule has 4 heteroatoms. The van der Waals surface area contributed by atoms with Crippen LogP contribution in [0.2, 0.25) is 0 Å². The summed E-state index contributed by atoms with van der Waals surface area (Å²) in [5.41, 5.74) is 1.37. The van der Waals surface area contributed by atoms with Crippen molar-refractivity contribution in [2.75, 3.05) is 0 Å². The molecule has 1 unspecified atom stereocenters. The van der Waals surface area contributed by atoms with E-state index < -0.39 is 0 Å². The summed E-state index contributed by atoms with van der Waals surface area (Å²) in [6.07, 6.45) is 6.38. The lowest BCUT2D eigenvalue weighted by Gasteiger charge is -2.14. The molecule has 2 nitrogen and oxygen atoms in total. The highest BCUT2D eigenvalue weighted by atomic mass is 32.1. The normalized spacial score (nSPS) is 19.6. The number of hydrogen-bond donors (Lipinski definition) is 1. The zero-order valence-corrected chi connectivity index (χ0v) is 12.7. The predicted molar refractivity (Wildman–Crippen MR) is 81.2 cm³/mol. The number of fused-ring (bicyclic) bond motifs is 1. The predicted octanol–water partition coefficient (Wildman–Crippen LogP) is 3.84. The van der Waals surface area contributed by atoms with Gasteiger partial charge in [0.05, 0.1) is 11.7 Å². The van der Waals surface area contributed by atoms with Crippen LogP contribution >= 0.6 is 22.7 Å². The van der Waals surface area contributed by atoms with Gasteiger partial charge in [0.1, 0.15) is 5.01 Å². The molecule has 4 rings (SSSR count). The summed E-state index contributed by atoms with van der Waals surface area (Å²) in [6.45, 7) is 2.18. The molecule has 2 heterocycles. The Morgan fingerprint density at radius 2 is 2.16 bits per heavy atom. The van der Waals surface area contributed by atoms with Gasteiger partial charge in [-0.3, -0.25) is 0 Å². The van der Waals surface area contributed by atoms with Crippen LogP contribution < -0.4 is 5.32 Å². The summed E-state index contributed by atoms with van der Waals surface area (Å²) >= 11 is 3.84. The van der Waals surface area contributed by atoms with Crippen LogP contribution in [0.1, 0.15) is 50.6 Å². The van der Waals surface area contributed by atoms with Crippen molar-refractivity contribution in [1.82, 2.24) is 10.3 Å². The van der Waals surface area contributed by atoms with E-state index in [4.69, 9.17) is 4.98 Å². The van der Waals surface area contributed by atoms with Crippen LogP contribution in [-0.4, -0.2) is 11.0 Å². The highest BCUT2D eigenvalue weighted by Crippen LogP contribution is 2.37. The van der Waals surface area contributed by atoms with Crippen molar-refractivity contribution in [3.05, 3.63) is 37.5 Å². The second kappa shape index (κ2) is 4.69. The molecule has 0 aromatic carbocycles. The van der Waals surface area contributed by atoms with Crippen molar-refractivity contribution in [2.24, 2.45) is 0 Å². The molecular formula is C15H18N2S2. The molecule has 100 valence electrons. The average Bonchev–Trinajstić information content (AvgIpc) is 2.78. The van der Waals surface area contributed by atoms with E-state index in [0.717, 1.165) is 0 Å². The van der Waals surface area contributed by atoms with E-state index >= 15 is 0 Å². The molecule has 0 bridgehead atoms. The van der Waals surface area contributed by atoms with Crippen molar-refractivity contribution in [1.29, 1.82) is 0 Å². The van der Waals surface area contributed by atoms with Gasteiger partial charge in [-0.1, -0.05) is 0 Å². The molecule has 2 aromatic heterocycles. The first-order valence-corrected chi connectivity index (χ1v) is 8.74. The minimum atomic E-state index is 0.335. The van der Waals surface area contributed by atoms with Crippen molar-refractivity contribution in [3.63, 3.8) is 0 Å². The Kier molecular flexibility index (Phi) is 2.98. The smallest absolute Gasteiger partial charge is 0.116 e. The summed E-state index contributed by atoms with van der Waals surface area (Å²) in [6, 6.07) is 5.54. The van der Waals surface area contributed by atoms with Crippen molar-refractivity contribution in [2.45, 2.75) is 51.1 Å². The fourth-order valence-electron chi connectivity index (χ4n) is 2.70. The van der Waals surface area contributed by atoms with E-state index in [1.807, 2.05) is 22.7 Å². The first kappa shape index (κ1) is 12.1. The number of thiazole rings is 1. The molecular weight excluding hydrogens is 272 g/mol. The minimum Gasteiger partial charge on any atom is -0.301 e. The molecule has 1 fully saturated rings. The van der Waals surface area contributed by atoms with Crippen LogP contribution in [0.15, 0.2) is 12.1 Å². The number of rotatable bonds is 4. The van der Waals surface area contributed by atoms with Gasteiger partial charge in [-0.25, -0.2) is 4.98 Å². The maximum atomic E-state index is 4.92. The number of aryl methyl sites for hydroxylation is 3. The second-order valence-electron chi connectivity index (χ2n) is 5.60. The van der Waals surface area contributed by atoms with Gasteiger partial charge < -0.3 is 5.32 Å². The lowest BCUT2D eigenvalue weighted by Crippen LogP contribution is -2.23. The largest absolute Gasteiger partial charge is 0.301 e. The fourth-order valence-corrected chi connectivity index (χ4v) is 4.95. The van der Waals surface area contributed by atoms with Crippen LogP contribution in [-0.2, 0) is 12.8 Å². The van der Waals surface area contributed by atoms with Gasteiger partial charge in [-0.2, -0.15) is 0 Å². The molecule has 0 aliphatic heterocycles. The molecule has 2 aliphatic carbocycles. The summed E-state index contributed by atoms with van der Waals surface area (Å²) in [5.74, 6) is 0. The molecule has 0 saturated heterocycles. The molecule has 0 radical (unpaired) electrons. The standard InChI is InChI=1S/C15H18N2S2/c1-9-5-8-13(18-9)14(16-10-6-7-10)15-17-11-3-2-4-12(11)19-15/h5,8,10,14,16H,2-4,6-7H2,1H3. The van der Waals surface area contributed by atoms with Crippen molar-refractivity contribution in [3.8, 4) is 0 Å². The summed E-state index contributed by atoms with van der Waals surface area (Å²) in [7, 11) is 0. The lowest BCUT2D eigenvalue weighted by atomic mass is 10.2. The Hall–Kier alpha value is -0.710. The van der Waals surface area contributed by atoms with E-state index in [-0.39, 0.29) is 0 Å².